The van der Waals surface area contributed by atoms with E-state index in [1.807, 2.05) is 24.4 Å². The van der Waals surface area contributed by atoms with Crippen LogP contribution >= 0.6 is 0 Å². The van der Waals surface area contributed by atoms with Crippen molar-refractivity contribution in [2.45, 2.75) is 39.5 Å². The van der Waals surface area contributed by atoms with Crippen LogP contribution in [0.15, 0.2) is 42.6 Å². The molecule has 0 saturated carbocycles. The first-order valence-corrected chi connectivity index (χ1v) is 6.80. The maximum absolute atomic E-state index is 5.74. The Morgan fingerprint density at radius 2 is 1.37 bits per heavy atom. The van der Waals surface area contributed by atoms with E-state index in [0.717, 1.165) is 5.75 Å². The molecule has 2 nitrogen and oxygen atoms in total. The topological polar surface area (TPSA) is 22.1 Å². The summed E-state index contributed by atoms with van der Waals surface area (Å²) in [6.07, 6.45) is 1.88. The zero-order valence-electron chi connectivity index (χ0n) is 12.1. The number of ether oxygens (including phenoxy) is 1. The van der Waals surface area contributed by atoms with Crippen LogP contribution in [0.25, 0.3) is 0 Å². The lowest BCUT2D eigenvalue weighted by atomic mass is 10.0. The summed E-state index contributed by atoms with van der Waals surface area (Å²) in [4.78, 5) is 4.33. The molecule has 0 N–H and O–H groups in total. The molecule has 0 aliphatic heterocycles. The molecule has 19 heavy (non-hydrogen) atoms. The molecule has 0 fully saturated rings. The van der Waals surface area contributed by atoms with Crippen LogP contribution < -0.4 is 4.74 Å². The van der Waals surface area contributed by atoms with Gasteiger partial charge in [0.25, 0.3) is 0 Å². The highest BCUT2D eigenvalue weighted by molar-refractivity contribution is 5.32. The van der Waals surface area contributed by atoms with Gasteiger partial charge in [0.2, 0.25) is 5.88 Å². The number of benzene rings is 1. The fraction of sp³-hybridized carbons (Fsp3) is 0.353. The first-order valence-electron chi connectivity index (χ1n) is 6.80. The molecule has 0 unspecified atom stereocenters. The molecule has 2 aromatic rings. The molecule has 1 heterocycles. The van der Waals surface area contributed by atoms with Crippen molar-refractivity contribution in [1.82, 2.24) is 4.98 Å². The van der Waals surface area contributed by atoms with Gasteiger partial charge in [-0.25, -0.2) is 4.98 Å². The molecule has 0 aliphatic rings. The lowest BCUT2D eigenvalue weighted by Crippen LogP contribution is -1.92. The summed E-state index contributed by atoms with van der Waals surface area (Å²) in [7, 11) is 0. The summed E-state index contributed by atoms with van der Waals surface area (Å²) < 4.78 is 5.74. The summed E-state index contributed by atoms with van der Waals surface area (Å²) in [6.45, 7) is 8.68. The molecule has 0 bridgehead atoms. The van der Waals surface area contributed by atoms with Gasteiger partial charge in [-0.1, -0.05) is 45.9 Å². The van der Waals surface area contributed by atoms with E-state index >= 15 is 0 Å². The second-order valence-corrected chi connectivity index (χ2v) is 5.41. The van der Waals surface area contributed by atoms with E-state index in [1.54, 1.807) is 0 Å². The molecule has 2 rings (SSSR count). The summed E-state index contributed by atoms with van der Waals surface area (Å²) >= 11 is 0. The van der Waals surface area contributed by atoms with Crippen molar-refractivity contribution in [2.75, 3.05) is 0 Å². The normalized spacial score (nSPS) is 11.1. The number of hydrogen-bond donors (Lipinski definition) is 0. The maximum atomic E-state index is 5.74. The number of nitrogens with zero attached hydrogens (tertiary/aromatic N) is 1. The van der Waals surface area contributed by atoms with Crippen LogP contribution in [-0.4, -0.2) is 4.98 Å². The Balaban J connectivity index is 2.08. The first kappa shape index (κ1) is 13.6. The van der Waals surface area contributed by atoms with Crippen molar-refractivity contribution in [3.8, 4) is 11.6 Å². The Labute approximate surface area is 115 Å². The standard InChI is InChI=1S/C17H21NO/c1-12(2)14-5-8-16(9-6-14)19-17-10-7-15(11-18-17)13(3)4/h5-13H,1-4H3. The van der Waals surface area contributed by atoms with E-state index in [2.05, 4.69) is 50.9 Å². The molecule has 0 aliphatic carbocycles. The molecule has 0 spiro atoms. The summed E-state index contributed by atoms with van der Waals surface area (Å²) in [5.74, 6) is 2.50. The van der Waals surface area contributed by atoms with Gasteiger partial charge in [-0.2, -0.15) is 0 Å². The van der Waals surface area contributed by atoms with Crippen LogP contribution in [-0.2, 0) is 0 Å². The molecule has 2 heteroatoms. The van der Waals surface area contributed by atoms with Crippen molar-refractivity contribution in [3.05, 3.63) is 53.7 Å². The molecule has 0 saturated heterocycles. The van der Waals surface area contributed by atoms with Gasteiger partial charge in [0, 0.05) is 12.3 Å². The van der Waals surface area contributed by atoms with Crippen LogP contribution in [0, 0.1) is 0 Å². The van der Waals surface area contributed by atoms with Gasteiger partial charge in [-0.15, -0.1) is 0 Å². The second kappa shape index (κ2) is 5.87. The van der Waals surface area contributed by atoms with Crippen molar-refractivity contribution >= 4 is 0 Å². The van der Waals surface area contributed by atoms with Crippen molar-refractivity contribution in [3.63, 3.8) is 0 Å². The third-order valence-corrected chi connectivity index (χ3v) is 3.20. The van der Waals surface area contributed by atoms with Crippen LogP contribution in [0.5, 0.6) is 11.6 Å². The predicted molar refractivity (Wildman–Crippen MR) is 78.9 cm³/mol. The number of aromatic nitrogens is 1. The fourth-order valence-electron chi connectivity index (χ4n) is 1.84. The van der Waals surface area contributed by atoms with Crippen molar-refractivity contribution < 1.29 is 4.74 Å². The van der Waals surface area contributed by atoms with Gasteiger partial charge >= 0.3 is 0 Å². The molecule has 1 aromatic carbocycles. The highest BCUT2D eigenvalue weighted by Gasteiger charge is 2.03. The van der Waals surface area contributed by atoms with Crippen LogP contribution in [0.4, 0.5) is 0 Å². The third-order valence-electron chi connectivity index (χ3n) is 3.20. The summed E-state index contributed by atoms with van der Waals surface area (Å²) in [5, 5.41) is 0. The summed E-state index contributed by atoms with van der Waals surface area (Å²) in [6, 6.07) is 12.2. The molecule has 1 aromatic heterocycles. The SMILES string of the molecule is CC(C)c1ccc(Oc2ccc(C(C)C)cn2)cc1. The van der Waals surface area contributed by atoms with Gasteiger partial charge in [-0.05, 0) is 35.1 Å². The van der Waals surface area contributed by atoms with Gasteiger partial charge in [0.05, 0.1) is 0 Å². The Kier molecular flexibility index (Phi) is 4.20. The second-order valence-electron chi connectivity index (χ2n) is 5.41. The van der Waals surface area contributed by atoms with Gasteiger partial charge in [0.1, 0.15) is 5.75 Å². The quantitative estimate of drug-likeness (QED) is 0.756. The molecule has 100 valence electrons. The van der Waals surface area contributed by atoms with Gasteiger partial charge < -0.3 is 4.74 Å². The van der Waals surface area contributed by atoms with E-state index in [-0.39, 0.29) is 0 Å². The monoisotopic (exact) mass is 255 g/mol. The average Bonchev–Trinajstić information content (AvgIpc) is 2.40. The molecule has 0 radical (unpaired) electrons. The van der Waals surface area contributed by atoms with E-state index < -0.39 is 0 Å². The van der Waals surface area contributed by atoms with Crippen molar-refractivity contribution in [1.29, 1.82) is 0 Å². The maximum Gasteiger partial charge on any atom is 0.219 e. The molecular weight excluding hydrogens is 234 g/mol. The Hall–Kier alpha value is -1.83. The number of pyridine rings is 1. The number of hydrogen-bond acceptors (Lipinski definition) is 2. The first-order chi connectivity index (χ1) is 9.06. The van der Waals surface area contributed by atoms with Gasteiger partial charge in [-0.3, -0.25) is 0 Å². The van der Waals surface area contributed by atoms with Crippen LogP contribution in [0.1, 0.15) is 50.7 Å². The van der Waals surface area contributed by atoms with E-state index in [1.165, 1.54) is 11.1 Å². The van der Waals surface area contributed by atoms with E-state index in [9.17, 15) is 0 Å². The Morgan fingerprint density at radius 1 is 0.789 bits per heavy atom. The Morgan fingerprint density at radius 3 is 1.84 bits per heavy atom. The number of rotatable bonds is 4. The third kappa shape index (κ3) is 3.57. The lowest BCUT2D eigenvalue weighted by Gasteiger charge is -2.09. The zero-order valence-corrected chi connectivity index (χ0v) is 12.1. The molecule has 0 atom stereocenters. The smallest absolute Gasteiger partial charge is 0.219 e. The fourth-order valence-corrected chi connectivity index (χ4v) is 1.84. The van der Waals surface area contributed by atoms with Crippen LogP contribution in [0.3, 0.4) is 0 Å². The predicted octanol–water partition coefficient (Wildman–Crippen LogP) is 5.12. The average molecular weight is 255 g/mol. The highest BCUT2D eigenvalue weighted by Crippen LogP contribution is 2.23. The minimum atomic E-state index is 0.492. The molecule has 0 amide bonds. The van der Waals surface area contributed by atoms with E-state index in [0.29, 0.717) is 17.7 Å². The minimum Gasteiger partial charge on any atom is -0.439 e. The molecular formula is C17H21NO. The van der Waals surface area contributed by atoms with Crippen molar-refractivity contribution in [2.24, 2.45) is 0 Å². The zero-order chi connectivity index (χ0) is 13.8. The highest BCUT2D eigenvalue weighted by atomic mass is 16.5. The largest absolute Gasteiger partial charge is 0.439 e. The summed E-state index contributed by atoms with van der Waals surface area (Å²) in [5.41, 5.74) is 2.54. The lowest BCUT2D eigenvalue weighted by molar-refractivity contribution is 0.462. The minimum absolute atomic E-state index is 0.492. The van der Waals surface area contributed by atoms with E-state index in [4.69, 9.17) is 4.74 Å². The Bertz CT molecular complexity index is 462. The van der Waals surface area contributed by atoms with Crippen LogP contribution in [0.2, 0.25) is 0 Å². The van der Waals surface area contributed by atoms with Gasteiger partial charge in [0.15, 0.2) is 0 Å².